The van der Waals surface area contributed by atoms with Crippen LogP contribution in [-0.4, -0.2) is 45.0 Å². The molecule has 4 rings (SSSR count). The first-order valence-electron chi connectivity index (χ1n) is 12.1. The van der Waals surface area contributed by atoms with E-state index < -0.39 is 9.73 Å². The number of rotatable bonds is 8. The Kier molecular flexibility index (Phi) is 7.86. The monoisotopic (exact) mass is 500 g/mol. The van der Waals surface area contributed by atoms with E-state index in [4.69, 9.17) is 9.47 Å². The van der Waals surface area contributed by atoms with Crippen LogP contribution in [0, 0.1) is 12.7 Å². The van der Waals surface area contributed by atoms with E-state index in [9.17, 15) is 8.60 Å². The molecule has 3 aromatic rings. The Balaban J connectivity index is 1.66. The predicted molar refractivity (Wildman–Crippen MR) is 139 cm³/mol. The van der Waals surface area contributed by atoms with Gasteiger partial charge in [-0.3, -0.25) is 0 Å². The first-order chi connectivity index (χ1) is 16.8. The lowest BCUT2D eigenvalue weighted by atomic mass is 9.95. The molecule has 0 spiro atoms. The van der Waals surface area contributed by atoms with Crippen molar-refractivity contribution < 1.29 is 18.1 Å². The van der Waals surface area contributed by atoms with Gasteiger partial charge in [-0.15, -0.1) is 0 Å². The van der Waals surface area contributed by atoms with Crippen LogP contribution in [0.2, 0.25) is 0 Å². The average molecular weight is 501 g/mol. The lowest BCUT2D eigenvalue weighted by Gasteiger charge is -2.28. The summed E-state index contributed by atoms with van der Waals surface area (Å²) in [5, 5.41) is 4.15. The zero-order chi connectivity index (χ0) is 25.0. The Morgan fingerprint density at radius 3 is 2.49 bits per heavy atom. The molecule has 1 N–H and O–H groups in total. The fourth-order valence-electron chi connectivity index (χ4n) is 4.44. The van der Waals surface area contributed by atoms with Crippen molar-refractivity contribution in [3.8, 4) is 5.75 Å². The average Bonchev–Trinajstić information content (AvgIpc) is 2.86. The summed E-state index contributed by atoms with van der Waals surface area (Å²) in [5.41, 5.74) is 2.87. The number of nitrogens with zero attached hydrogens (tertiary/aromatic N) is 3. The highest BCUT2D eigenvalue weighted by Gasteiger charge is 2.23. The van der Waals surface area contributed by atoms with Gasteiger partial charge in [-0.2, -0.15) is 4.36 Å². The molecule has 1 saturated carbocycles. The predicted octanol–water partition coefficient (Wildman–Crippen LogP) is 6.30. The molecular formula is C26H33FN4O3S. The molecule has 1 aliphatic carbocycles. The summed E-state index contributed by atoms with van der Waals surface area (Å²) >= 11 is 0. The van der Waals surface area contributed by atoms with Crippen LogP contribution in [0.3, 0.4) is 0 Å². The highest BCUT2D eigenvalue weighted by Crippen LogP contribution is 2.35. The minimum absolute atomic E-state index is 0.00351. The normalized spacial score (nSPS) is 18.4. The van der Waals surface area contributed by atoms with Crippen molar-refractivity contribution in [3.63, 3.8) is 0 Å². The molecule has 9 heteroatoms. The van der Waals surface area contributed by atoms with Gasteiger partial charge in [0.2, 0.25) is 0 Å². The quantitative estimate of drug-likeness (QED) is 0.391. The van der Waals surface area contributed by atoms with Crippen LogP contribution in [0.15, 0.2) is 41.0 Å². The summed E-state index contributed by atoms with van der Waals surface area (Å²) in [7, 11) is -0.552. The number of halogens is 1. The van der Waals surface area contributed by atoms with Gasteiger partial charge >= 0.3 is 0 Å². The van der Waals surface area contributed by atoms with Crippen LogP contribution < -0.4 is 10.1 Å². The van der Waals surface area contributed by atoms with Gasteiger partial charge in [0.25, 0.3) is 0 Å². The highest BCUT2D eigenvalue weighted by molar-refractivity contribution is 7.93. The van der Waals surface area contributed by atoms with Crippen molar-refractivity contribution >= 4 is 37.8 Å². The third-order valence-electron chi connectivity index (χ3n) is 6.54. The minimum atomic E-state index is -2.29. The Hall–Kier alpha value is -2.78. The van der Waals surface area contributed by atoms with Crippen LogP contribution in [-0.2, 0) is 14.5 Å². The summed E-state index contributed by atoms with van der Waals surface area (Å²) in [4.78, 5) is 8.88. The van der Waals surface area contributed by atoms with E-state index in [0.717, 1.165) is 36.6 Å². The van der Waals surface area contributed by atoms with Crippen LogP contribution >= 0.6 is 0 Å². The van der Waals surface area contributed by atoms with Gasteiger partial charge in [0.05, 0.1) is 38.8 Å². The molecule has 0 atom stereocenters. The smallest absolute Gasteiger partial charge is 0.146 e. The molecule has 35 heavy (non-hydrogen) atoms. The zero-order valence-electron chi connectivity index (χ0n) is 20.7. The first kappa shape index (κ1) is 25.3. The van der Waals surface area contributed by atoms with Gasteiger partial charge in [0.1, 0.15) is 23.7 Å². The number of hydrogen-bond donors (Lipinski definition) is 1. The van der Waals surface area contributed by atoms with Crippen molar-refractivity contribution in [2.75, 3.05) is 23.9 Å². The number of anilines is 2. The molecule has 1 aliphatic rings. The van der Waals surface area contributed by atoms with Crippen molar-refractivity contribution in [2.45, 2.75) is 58.7 Å². The van der Waals surface area contributed by atoms with Crippen molar-refractivity contribution in [1.82, 2.24) is 9.97 Å². The Morgan fingerprint density at radius 1 is 1.09 bits per heavy atom. The molecule has 2 aromatic carbocycles. The lowest BCUT2D eigenvalue weighted by molar-refractivity contribution is 0.0329. The van der Waals surface area contributed by atoms with Crippen molar-refractivity contribution in [3.05, 3.63) is 48.0 Å². The third kappa shape index (κ3) is 5.90. The fraction of sp³-hybridized carbons (Fsp3) is 0.462. The van der Waals surface area contributed by atoms with E-state index in [1.807, 2.05) is 32.9 Å². The summed E-state index contributed by atoms with van der Waals surface area (Å²) < 4.78 is 43.2. The first-order valence-corrected chi connectivity index (χ1v) is 13.9. The van der Waals surface area contributed by atoms with E-state index in [1.54, 1.807) is 13.2 Å². The molecule has 0 aliphatic heterocycles. The maximum atomic E-state index is 14.1. The van der Waals surface area contributed by atoms with Gasteiger partial charge in [0, 0.05) is 30.1 Å². The Labute approximate surface area is 206 Å². The van der Waals surface area contributed by atoms with E-state index in [-0.39, 0.29) is 18.0 Å². The fourth-order valence-corrected chi connectivity index (χ4v) is 5.59. The second-order valence-corrected chi connectivity index (χ2v) is 11.7. The second kappa shape index (κ2) is 10.9. The van der Waals surface area contributed by atoms with Gasteiger partial charge in [0.15, 0.2) is 0 Å². The SMILES string of the molecule is CCS(=O)(CC)=Nc1cc(C)c2c(Nc3ccc(F)cc3OC3CCC(OC)CC3)ncnc2c1. The summed E-state index contributed by atoms with van der Waals surface area (Å²) in [6.07, 6.45) is 5.29. The topological polar surface area (TPSA) is 85.7 Å². The molecule has 1 heterocycles. The maximum absolute atomic E-state index is 14.1. The second-order valence-electron chi connectivity index (χ2n) is 8.84. The van der Waals surface area contributed by atoms with Crippen LogP contribution in [0.4, 0.5) is 21.6 Å². The standard InChI is InChI=1S/C26H33FN4O3S/c1-5-35(32,6-2)31-19-13-17(3)25-23(15-19)28-16-29-26(25)30-22-12-7-18(27)14-24(22)34-21-10-8-20(33-4)9-11-21/h7,12-16,20-21H,5-6,8-11H2,1-4H3,(H,28,29,30). The lowest BCUT2D eigenvalue weighted by Crippen LogP contribution is -2.27. The van der Waals surface area contributed by atoms with Gasteiger partial charge < -0.3 is 14.8 Å². The molecule has 1 fully saturated rings. The molecule has 0 unspecified atom stereocenters. The van der Waals surface area contributed by atoms with Crippen LogP contribution in [0.1, 0.15) is 45.1 Å². The van der Waals surface area contributed by atoms with E-state index in [0.29, 0.717) is 40.0 Å². The molecule has 1 aromatic heterocycles. The maximum Gasteiger partial charge on any atom is 0.146 e. The number of aryl methyl sites for hydroxylation is 1. The van der Waals surface area contributed by atoms with Gasteiger partial charge in [-0.25, -0.2) is 18.6 Å². The van der Waals surface area contributed by atoms with E-state index in [2.05, 4.69) is 19.6 Å². The number of fused-ring (bicyclic) bond motifs is 1. The van der Waals surface area contributed by atoms with E-state index in [1.165, 1.54) is 18.5 Å². The largest absolute Gasteiger partial charge is 0.488 e. The number of hydrogen-bond acceptors (Lipinski definition) is 7. The molecule has 188 valence electrons. The summed E-state index contributed by atoms with van der Waals surface area (Å²) in [6.45, 7) is 5.73. The van der Waals surface area contributed by atoms with E-state index >= 15 is 0 Å². The summed E-state index contributed by atoms with van der Waals surface area (Å²) in [6, 6.07) is 8.20. The van der Waals surface area contributed by atoms with Crippen LogP contribution in [0.5, 0.6) is 5.75 Å². The number of methoxy groups -OCH3 is 1. The molecule has 0 bridgehead atoms. The highest BCUT2D eigenvalue weighted by atomic mass is 32.2. The number of ether oxygens (including phenoxy) is 2. The number of nitrogens with one attached hydrogen (secondary N) is 1. The summed E-state index contributed by atoms with van der Waals surface area (Å²) in [5.74, 6) is 1.68. The van der Waals surface area contributed by atoms with Crippen molar-refractivity contribution in [1.29, 1.82) is 0 Å². The Morgan fingerprint density at radius 2 is 1.80 bits per heavy atom. The minimum Gasteiger partial charge on any atom is -0.488 e. The molecule has 0 amide bonds. The van der Waals surface area contributed by atoms with Gasteiger partial charge in [-0.05, 0) is 62.4 Å². The zero-order valence-corrected chi connectivity index (χ0v) is 21.5. The Bertz CT molecular complexity index is 1310. The molecule has 7 nitrogen and oxygen atoms in total. The van der Waals surface area contributed by atoms with Crippen LogP contribution in [0.25, 0.3) is 10.9 Å². The molecule has 0 saturated heterocycles. The number of benzene rings is 2. The van der Waals surface area contributed by atoms with Gasteiger partial charge in [-0.1, -0.05) is 13.8 Å². The number of aromatic nitrogens is 2. The molecular weight excluding hydrogens is 467 g/mol. The molecule has 0 radical (unpaired) electrons. The van der Waals surface area contributed by atoms with Crippen molar-refractivity contribution in [2.24, 2.45) is 4.36 Å². The third-order valence-corrected chi connectivity index (χ3v) is 8.89.